The van der Waals surface area contributed by atoms with E-state index in [2.05, 4.69) is 11.8 Å². The lowest BCUT2D eigenvalue weighted by atomic mass is 10.3. The summed E-state index contributed by atoms with van der Waals surface area (Å²) in [5.74, 6) is 0.603. The molecule has 1 unspecified atom stereocenters. The van der Waals surface area contributed by atoms with Gasteiger partial charge in [0.05, 0.1) is 11.5 Å². The van der Waals surface area contributed by atoms with Crippen molar-refractivity contribution >= 4 is 19.7 Å². The number of ether oxygens (including phenoxy) is 2. The predicted octanol–water partition coefficient (Wildman–Crippen LogP) is 1.71. The Hall–Kier alpha value is -0.820. The van der Waals surface area contributed by atoms with E-state index in [0.29, 0.717) is 19.0 Å². The molecule has 1 aromatic rings. The number of morpholine rings is 1. The lowest BCUT2D eigenvalue weighted by Gasteiger charge is -2.31. The summed E-state index contributed by atoms with van der Waals surface area (Å²) in [6.07, 6.45) is 0.0418. The van der Waals surface area contributed by atoms with Gasteiger partial charge in [0.2, 0.25) is 0 Å². The average molecular weight is 320 g/mol. The van der Waals surface area contributed by atoms with E-state index in [1.54, 1.807) is 12.1 Å². The first kappa shape index (κ1) is 15.6. The second-order valence-electron chi connectivity index (χ2n) is 4.61. The van der Waals surface area contributed by atoms with E-state index >= 15 is 0 Å². The molecule has 1 heterocycles. The van der Waals surface area contributed by atoms with Crippen LogP contribution in [0.2, 0.25) is 0 Å². The molecule has 0 saturated carbocycles. The van der Waals surface area contributed by atoms with Gasteiger partial charge in [0.25, 0.3) is 9.05 Å². The summed E-state index contributed by atoms with van der Waals surface area (Å²) in [6.45, 7) is 6.09. The minimum Gasteiger partial charge on any atom is -0.491 e. The molecule has 7 heteroatoms. The van der Waals surface area contributed by atoms with Crippen molar-refractivity contribution in [1.82, 2.24) is 4.90 Å². The number of benzene rings is 1. The molecule has 0 radical (unpaired) electrons. The highest BCUT2D eigenvalue weighted by atomic mass is 35.7. The topological polar surface area (TPSA) is 55.8 Å². The normalized spacial score (nSPS) is 20.8. The molecule has 1 aromatic carbocycles. The van der Waals surface area contributed by atoms with Gasteiger partial charge in [-0.05, 0) is 30.8 Å². The molecule has 0 aliphatic carbocycles. The predicted molar refractivity (Wildman–Crippen MR) is 76.8 cm³/mol. The Labute approximate surface area is 123 Å². The Kier molecular flexibility index (Phi) is 5.26. The van der Waals surface area contributed by atoms with Crippen LogP contribution in [0.5, 0.6) is 5.75 Å². The van der Waals surface area contributed by atoms with Gasteiger partial charge in [0, 0.05) is 23.8 Å². The van der Waals surface area contributed by atoms with Crippen LogP contribution < -0.4 is 4.74 Å². The summed E-state index contributed by atoms with van der Waals surface area (Å²) in [5.41, 5.74) is 0. The monoisotopic (exact) mass is 319 g/mol. The maximum atomic E-state index is 11.1. The van der Waals surface area contributed by atoms with Gasteiger partial charge >= 0.3 is 0 Å². The summed E-state index contributed by atoms with van der Waals surface area (Å²) < 4.78 is 33.5. The van der Waals surface area contributed by atoms with Crippen LogP contribution in [-0.2, 0) is 13.8 Å². The molecular weight excluding hydrogens is 302 g/mol. The fourth-order valence-electron chi connectivity index (χ4n) is 2.06. The molecule has 1 aliphatic heterocycles. The van der Waals surface area contributed by atoms with Gasteiger partial charge in [-0.25, -0.2) is 8.42 Å². The standard InChI is InChI=1S/C13H18ClNO4S/c1-2-15-7-8-18-12(9-15)10-19-11-3-5-13(6-4-11)20(14,16)17/h3-6,12H,2,7-10H2,1H3. The molecule has 5 nitrogen and oxygen atoms in total. The van der Waals surface area contributed by atoms with E-state index in [-0.39, 0.29) is 11.0 Å². The van der Waals surface area contributed by atoms with Crippen LogP contribution in [0.15, 0.2) is 29.2 Å². The smallest absolute Gasteiger partial charge is 0.261 e. The van der Waals surface area contributed by atoms with Gasteiger partial charge in [-0.2, -0.15) is 0 Å². The average Bonchev–Trinajstić information content (AvgIpc) is 2.45. The Balaban J connectivity index is 1.88. The molecule has 112 valence electrons. The zero-order chi connectivity index (χ0) is 14.6. The number of halogens is 1. The highest BCUT2D eigenvalue weighted by molar-refractivity contribution is 8.13. The summed E-state index contributed by atoms with van der Waals surface area (Å²) in [7, 11) is 1.57. The van der Waals surface area contributed by atoms with E-state index < -0.39 is 9.05 Å². The van der Waals surface area contributed by atoms with Crippen molar-refractivity contribution < 1.29 is 17.9 Å². The summed E-state index contributed by atoms with van der Waals surface area (Å²) >= 11 is 0. The molecule has 1 saturated heterocycles. The third kappa shape index (κ3) is 4.34. The van der Waals surface area contributed by atoms with Crippen molar-refractivity contribution in [2.75, 3.05) is 32.8 Å². The van der Waals surface area contributed by atoms with Crippen LogP contribution in [0.1, 0.15) is 6.92 Å². The van der Waals surface area contributed by atoms with Gasteiger partial charge in [-0.3, -0.25) is 4.90 Å². The van der Waals surface area contributed by atoms with E-state index in [9.17, 15) is 8.42 Å². The Bertz CT molecular complexity index is 532. The number of nitrogens with zero attached hydrogens (tertiary/aromatic N) is 1. The third-order valence-corrected chi connectivity index (χ3v) is 4.58. The quantitative estimate of drug-likeness (QED) is 0.773. The second kappa shape index (κ2) is 6.76. The number of hydrogen-bond donors (Lipinski definition) is 0. The molecular formula is C13H18ClNO4S. The van der Waals surface area contributed by atoms with Gasteiger partial charge in [-0.15, -0.1) is 0 Å². The van der Waals surface area contributed by atoms with Crippen molar-refractivity contribution in [3.05, 3.63) is 24.3 Å². The van der Waals surface area contributed by atoms with Crippen molar-refractivity contribution in [3.8, 4) is 5.75 Å². The number of rotatable bonds is 5. The van der Waals surface area contributed by atoms with Crippen molar-refractivity contribution in [2.45, 2.75) is 17.9 Å². The van der Waals surface area contributed by atoms with Crippen molar-refractivity contribution in [1.29, 1.82) is 0 Å². The summed E-state index contributed by atoms with van der Waals surface area (Å²) in [6, 6.07) is 6.04. The highest BCUT2D eigenvalue weighted by Crippen LogP contribution is 2.19. The Morgan fingerprint density at radius 2 is 2.10 bits per heavy atom. The van der Waals surface area contributed by atoms with E-state index in [1.807, 2.05) is 0 Å². The van der Waals surface area contributed by atoms with Gasteiger partial charge in [0.15, 0.2) is 0 Å². The lowest BCUT2D eigenvalue weighted by Crippen LogP contribution is -2.44. The molecule has 0 amide bonds. The van der Waals surface area contributed by atoms with Crippen LogP contribution in [0.4, 0.5) is 0 Å². The van der Waals surface area contributed by atoms with E-state index in [4.69, 9.17) is 20.2 Å². The number of hydrogen-bond acceptors (Lipinski definition) is 5. The first-order valence-corrected chi connectivity index (χ1v) is 8.81. The fourth-order valence-corrected chi connectivity index (χ4v) is 2.83. The van der Waals surface area contributed by atoms with Crippen LogP contribution in [0, 0.1) is 0 Å². The summed E-state index contributed by atoms with van der Waals surface area (Å²) in [5, 5.41) is 0. The van der Waals surface area contributed by atoms with Gasteiger partial charge in [-0.1, -0.05) is 6.92 Å². The minimum absolute atomic E-state index is 0.0418. The largest absolute Gasteiger partial charge is 0.491 e. The van der Waals surface area contributed by atoms with Crippen molar-refractivity contribution in [2.24, 2.45) is 0 Å². The molecule has 1 fully saturated rings. The Morgan fingerprint density at radius 3 is 2.70 bits per heavy atom. The first-order valence-electron chi connectivity index (χ1n) is 6.50. The fraction of sp³-hybridized carbons (Fsp3) is 0.538. The van der Waals surface area contributed by atoms with Gasteiger partial charge in [0.1, 0.15) is 18.5 Å². The molecule has 0 bridgehead atoms. The molecule has 2 rings (SSSR count). The maximum Gasteiger partial charge on any atom is 0.261 e. The molecule has 0 aromatic heterocycles. The molecule has 1 atom stereocenters. The molecule has 0 N–H and O–H groups in total. The number of likely N-dealkylation sites (N-methyl/N-ethyl adjacent to an activating group) is 1. The van der Waals surface area contributed by atoms with Crippen LogP contribution >= 0.6 is 10.7 Å². The summed E-state index contributed by atoms with van der Waals surface area (Å²) in [4.78, 5) is 2.37. The van der Waals surface area contributed by atoms with E-state index in [0.717, 1.165) is 19.6 Å². The maximum absolute atomic E-state index is 11.1. The first-order chi connectivity index (χ1) is 9.49. The highest BCUT2D eigenvalue weighted by Gasteiger charge is 2.19. The van der Waals surface area contributed by atoms with Gasteiger partial charge < -0.3 is 9.47 Å². The van der Waals surface area contributed by atoms with Crippen LogP contribution in [0.3, 0.4) is 0 Å². The second-order valence-corrected chi connectivity index (χ2v) is 7.17. The van der Waals surface area contributed by atoms with E-state index in [1.165, 1.54) is 12.1 Å². The zero-order valence-corrected chi connectivity index (χ0v) is 12.9. The molecule has 0 spiro atoms. The van der Waals surface area contributed by atoms with Crippen LogP contribution in [0.25, 0.3) is 0 Å². The third-order valence-electron chi connectivity index (χ3n) is 3.21. The van der Waals surface area contributed by atoms with Crippen molar-refractivity contribution in [3.63, 3.8) is 0 Å². The molecule has 20 heavy (non-hydrogen) atoms. The minimum atomic E-state index is -3.68. The Morgan fingerprint density at radius 1 is 1.40 bits per heavy atom. The molecule has 1 aliphatic rings. The zero-order valence-electron chi connectivity index (χ0n) is 11.3. The lowest BCUT2D eigenvalue weighted by molar-refractivity contribution is -0.0464. The SMILES string of the molecule is CCN1CCOC(COc2ccc(S(=O)(=O)Cl)cc2)C1. The van der Waals surface area contributed by atoms with Crippen LogP contribution in [-0.4, -0.2) is 52.3 Å².